The van der Waals surface area contributed by atoms with Crippen molar-refractivity contribution in [3.05, 3.63) is 40.9 Å². The molecule has 318 valence electrons. The van der Waals surface area contributed by atoms with Gasteiger partial charge in [-0.15, -0.1) is 0 Å². The number of ether oxygens (including phenoxy) is 6. The number of carbonyl (C=O) groups is 2. The maximum absolute atomic E-state index is 13.5. The Bertz CT molecular complexity index is 1270. The van der Waals surface area contributed by atoms with Gasteiger partial charge in [0.15, 0.2) is 0 Å². The summed E-state index contributed by atoms with van der Waals surface area (Å²) in [4.78, 5) is 21.7. The number of nitrogens with one attached hydrogen (secondary N) is 2. The Kier molecular flexibility index (Phi) is 27.1. The van der Waals surface area contributed by atoms with Crippen molar-refractivity contribution < 1.29 is 89.2 Å². The lowest BCUT2D eigenvalue weighted by Gasteiger charge is -2.31. The third-order valence-corrected chi connectivity index (χ3v) is 7.52. The minimum atomic E-state index is -3.87. The molecule has 4 atom stereocenters. The Labute approximate surface area is 314 Å². The van der Waals surface area contributed by atoms with Crippen molar-refractivity contribution in [3.63, 3.8) is 0 Å². The lowest BCUT2D eigenvalue weighted by molar-refractivity contribution is -0.179. The molecule has 0 bridgehead atoms. The van der Waals surface area contributed by atoms with E-state index in [2.05, 4.69) is 30.6 Å². The molecular formula is C34H51F7N2O12. The molecular weight excluding hydrogens is 761 g/mol. The predicted molar refractivity (Wildman–Crippen MR) is 180 cm³/mol. The molecule has 0 amide bonds. The lowest BCUT2D eigenvalue weighted by Crippen LogP contribution is -2.44. The number of hydrogen-bond acceptors (Lipinski definition) is 13. The van der Waals surface area contributed by atoms with Crippen molar-refractivity contribution >= 4 is 18.7 Å². The van der Waals surface area contributed by atoms with Crippen molar-refractivity contribution in [2.75, 3.05) is 72.6 Å². The third-order valence-electron chi connectivity index (χ3n) is 7.52. The van der Waals surface area contributed by atoms with Crippen LogP contribution in [0.4, 0.5) is 30.7 Å². The molecule has 1 aromatic rings. The smallest absolute Gasteiger partial charge is 0.374 e. The molecule has 0 saturated carbocycles. The topological polar surface area (TPSA) is 206 Å². The first-order valence-corrected chi connectivity index (χ1v) is 17.1. The van der Waals surface area contributed by atoms with Crippen LogP contribution in [0.2, 0.25) is 0 Å². The molecule has 14 nitrogen and oxygen atoms in total. The molecule has 1 saturated heterocycles. The Morgan fingerprint density at radius 3 is 1.84 bits per heavy atom. The summed E-state index contributed by atoms with van der Waals surface area (Å²) in [7, 11) is 0. The molecule has 0 spiro atoms. The summed E-state index contributed by atoms with van der Waals surface area (Å²) in [6.45, 7) is 9.24. The maximum Gasteiger partial charge on any atom is 0.374 e. The number of carboxylic acids is 1. The summed E-state index contributed by atoms with van der Waals surface area (Å²) < 4.78 is 122. The number of aliphatic carboxylic acids is 1. The van der Waals surface area contributed by atoms with E-state index in [-0.39, 0.29) is 39.5 Å². The van der Waals surface area contributed by atoms with Gasteiger partial charge in [0.1, 0.15) is 6.10 Å². The number of benzene rings is 1. The van der Waals surface area contributed by atoms with Crippen molar-refractivity contribution in [2.45, 2.75) is 70.2 Å². The fraction of sp³-hybridized carbons (Fsp3) is 0.676. The van der Waals surface area contributed by atoms with Crippen LogP contribution in [0.5, 0.6) is 5.75 Å². The van der Waals surface area contributed by atoms with Crippen molar-refractivity contribution in [1.82, 2.24) is 5.32 Å². The normalized spacial score (nSPS) is 17.7. The molecule has 0 aliphatic carbocycles. The lowest BCUT2D eigenvalue weighted by atomic mass is 9.97. The number of carboxylic acid groups (broad SMARTS) is 1. The van der Waals surface area contributed by atoms with Crippen LogP contribution >= 0.6 is 0 Å². The van der Waals surface area contributed by atoms with E-state index in [4.69, 9.17) is 49.5 Å². The summed E-state index contributed by atoms with van der Waals surface area (Å²) >= 11 is 0. The first kappa shape index (κ1) is 51.6. The van der Waals surface area contributed by atoms with Gasteiger partial charge in [0.05, 0.1) is 78.1 Å². The van der Waals surface area contributed by atoms with Gasteiger partial charge in [0, 0.05) is 26.0 Å². The molecule has 1 aliphatic rings. The van der Waals surface area contributed by atoms with Crippen molar-refractivity contribution in [1.29, 1.82) is 5.41 Å². The van der Waals surface area contributed by atoms with E-state index < -0.39 is 83.9 Å². The van der Waals surface area contributed by atoms with Crippen LogP contribution < -0.4 is 10.1 Å². The van der Waals surface area contributed by atoms with Crippen molar-refractivity contribution in [2.24, 2.45) is 5.92 Å². The second-order valence-electron chi connectivity index (χ2n) is 11.6. The highest BCUT2D eigenvalue weighted by Gasteiger charge is 2.43. The number of halogens is 7. The van der Waals surface area contributed by atoms with Crippen molar-refractivity contribution in [3.8, 4) is 5.75 Å². The molecule has 4 unspecified atom stereocenters. The number of alkyl halides is 2. The first-order valence-electron chi connectivity index (χ1n) is 17.1. The van der Waals surface area contributed by atoms with Gasteiger partial charge in [-0.25, -0.2) is 18.0 Å². The van der Waals surface area contributed by atoms with E-state index in [1.54, 1.807) is 0 Å². The summed E-state index contributed by atoms with van der Waals surface area (Å²) in [5, 5.41) is 44.2. The highest BCUT2D eigenvalue weighted by Crippen LogP contribution is 2.30. The van der Waals surface area contributed by atoms with Crippen LogP contribution in [0.15, 0.2) is 11.8 Å². The highest BCUT2D eigenvalue weighted by atomic mass is 19.3. The maximum atomic E-state index is 13.5. The zero-order valence-electron chi connectivity index (χ0n) is 30.6. The Morgan fingerprint density at radius 2 is 1.36 bits per heavy atom. The van der Waals surface area contributed by atoms with E-state index in [9.17, 15) is 40.3 Å². The highest BCUT2D eigenvalue weighted by molar-refractivity contribution is 5.75. The van der Waals surface area contributed by atoms with Crippen LogP contribution in [0, 0.1) is 40.4 Å². The summed E-state index contributed by atoms with van der Waals surface area (Å²) in [6, 6.07) is 0. The zero-order valence-corrected chi connectivity index (χ0v) is 30.6. The molecule has 55 heavy (non-hydrogen) atoms. The van der Waals surface area contributed by atoms with Crippen LogP contribution in [0.1, 0.15) is 46.0 Å². The van der Waals surface area contributed by atoms with Gasteiger partial charge in [0.2, 0.25) is 34.8 Å². The van der Waals surface area contributed by atoms with Crippen LogP contribution in [-0.4, -0.2) is 136 Å². The summed E-state index contributed by atoms with van der Waals surface area (Å²) in [5.41, 5.74) is 1.18. The number of aliphatic hydroxyl groups is 3. The number of esters is 1. The molecule has 2 rings (SSSR count). The molecule has 6 N–H and O–H groups in total. The first-order chi connectivity index (χ1) is 26.1. The molecule has 1 aromatic carbocycles. The minimum Gasteiger partial charge on any atom is -0.477 e. The number of carbonyl (C=O) groups excluding carboxylic acids is 1. The van der Waals surface area contributed by atoms with Gasteiger partial charge in [0.25, 0.3) is 0 Å². The van der Waals surface area contributed by atoms with E-state index in [0.717, 1.165) is 6.42 Å². The quantitative estimate of drug-likeness (QED) is 0.0168. The largest absolute Gasteiger partial charge is 0.477 e. The Hall–Kier alpha value is -3.44. The van der Waals surface area contributed by atoms with Gasteiger partial charge in [-0.05, 0) is 37.3 Å². The van der Waals surface area contributed by atoms with Gasteiger partial charge < -0.3 is 59.6 Å². The monoisotopic (exact) mass is 812 g/mol. The number of aliphatic hydroxyl groups excluding tert-OH is 3. The second-order valence-corrected chi connectivity index (χ2v) is 11.6. The predicted octanol–water partition coefficient (Wildman–Crippen LogP) is 3.52. The molecule has 0 radical (unpaired) electrons. The molecule has 0 aromatic heterocycles. The van der Waals surface area contributed by atoms with Gasteiger partial charge in [-0.3, -0.25) is 4.79 Å². The van der Waals surface area contributed by atoms with E-state index in [1.165, 1.54) is 5.57 Å². The van der Waals surface area contributed by atoms with Crippen LogP contribution in [0.25, 0.3) is 0 Å². The molecule has 1 heterocycles. The third kappa shape index (κ3) is 20.3. The Balaban J connectivity index is 0.00000142. The number of hydrogen-bond donors (Lipinski definition) is 6. The summed E-state index contributed by atoms with van der Waals surface area (Å²) in [5.74, 6) is -19.8. The van der Waals surface area contributed by atoms with Gasteiger partial charge in [-0.2, -0.15) is 17.6 Å². The van der Waals surface area contributed by atoms with Crippen LogP contribution in [0.3, 0.4) is 0 Å². The Morgan fingerprint density at radius 1 is 0.873 bits per heavy atom. The molecule has 1 fully saturated rings. The fourth-order valence-corrected chi connectivity index (χ4v) is 4.30. The van der Waals surface area contributed by atoms with E-state index in [1.807, 2.05) is 6.20 Å². The van der Waals surface area contributed by atoms with Gasteiger partial charge >= 0.3 is 17.9 Å². The molecule has 21 heteroatoms. The summed E-state index contributed by atoms with van der Waals surface area (Å²) in [6.07, 6.45) is -1.35. The zero-order chi connectivity index (χ0) is 42.0. The average molecular weight is 813 g/mol. The molecule has 1 aliphatic heterocycles. The second kappa shape index (κ2) is 28.9. The fourth-order valence-electron chi connectivity index (χ4n) is 4.30. The SMILES string of the molecule is C=N.CCC(C)/C(=C\NCCOCCOCCOCCOCCC(=O)Oc1c(F)c(F)c(F)c(F)c1F)CCO.O=C(O)C(F)(F)CC1CC(O)C(O)CO1. The minimum absolute atomic E-state index is 0.0947. The standard InChI is InChI=1S/C25H36F5NO7.C8H12F2O5.CH3N/c1-3-17(2)18(4-7-32)16-31-6-9-35-11-13-37-15-14-36-12-10-34-8-5-19(33)38-25-23(29)21(27)20(26)22(28)24(25)30;9-8(10,7(13)14)2-4-1-5(11)6(12)3-15-4;1-2/h16-17,31-32H,3-15H2,1-2H3;4-6,11-12H,1-3H2,(H,13,14);2H,1H2/b18-16-;;. The van der Waals surface area contributed by atoms with E-state index >= 15 is 0 Å². The van der Waals surface area contributed by atoms with Gasteiger partial charge in [-0.1, -0.05) is 13.8 Å². The number of rotatable bonds is 24. The average Bonchev–Trinajstić information content (AvgIpc) is 3.16. The van der Waals surface area contributed by atoms with E-state index in [0.29, 0.717) is 51.9 Å². The van der Waals surface area contributed by atoms with Crippen LogP contribution in [-0.2, 0) is 33.3 Å².